The van der Waals surface area contributed by atoms with Crippen molar-refractivity contribution >= 4 is 29.9 Å². The van der Waals surface area contributed by atoms with E-state index in [1.54, 1.807) is 28.4 Å². The Morgan fingerprint density at radius 3 is 2.31 bits per heavy atom. The number of nitrogens with one attached hydrogen (secondary N) is 2. The van der Waals surface area contributed by atoms with Crippen molar-refractivity contribution < 1.29 is 18.9 Å². The maximum Gasteiger partial charge on any atom is 0.203 e. The van der Waals surface area contributed by atoms with Gasteiger partial charge >= 0.3 is 0 Å². The molecule has 2 aliphatic rings. The van der Waals surface area contributed by atoms with E-state index in [0.29, 0.717) is 42.0 Å². The molecule has 8 heteroatoms. The number of methoxy groups -OCH3 is 3. The molecule has 3 rings (SSSR count). The summed E-state index contributed by atoms with van der Waals surface area (Å²) in [6.45, 7) is 0.595. The largest absolute Gasteiger partial charge is 0.493 e. The minimum atomic E-state index is 0. The van der Waals surface area contributed by atoms with Crippen molar-refractivity contribution in [2.75, 3.05) is 28.4 Å². The van der Waals surface area contributed by atoms with E-state index in [4.69, 9.17) is 18.9 Å². The van der Waals surface area contributed by atoms with E-state index in [0.717, 1.165) is 24.4 Å². The van der Waals surface area contributed by atoms with Gasteiger partial charge in [-0.1, -0.05) is 0 Å². The summed E-state index contributed by atoms with van der Waals surface area (Å²) < 4.78 is 22.0. The zero-order valence-corrected chi connectivity index (χ0v) is 18.0. The van der Waals surface area contributed by atoms with Crippen LogP contribution in [0.1, 0.15) is 24.8 Å². The van der Waals surface area contributed by atoms with Crippen molar-refractivity contribution in [3.63, 3.8) is 0 Å². The smallest absolute Gasteiger partial charge is 0.203 e. The lowest BCUT2D eigenvalue weighted by Crippen LogP contribution is -2.47. The fraction of sp³-hybridized carbons (Fsp3) is 0.611. The quantitative estimate of drug-likeness (QED) is 0.372. The van der Waals surface area contributed by atoms with E-state index >= 15 is 0 Å². The van der Waals surface area contributed by atoms with Crippen LogP contribution in [0.4, 0.5) is 0 Å². The van der Waals surface area contributed by atoms with E-state index in [1.807, 2.05) is 12.1 Å². The number of hydrogen-bond donors (Lipinski definition) is 2. The van der Waals surface area contributed by atoms with Gasteiger partial charge in [0.15, 0.2) is 17.5 Å². The van der Waals surface area contributed by atoms with Gasteiger partial charge in [-0.15, -0.1) is 24.0 Å². The minimum Gasteiger partial charge on any atom is -0.493 e. The molecule has 2 fully saturated rings. The van der Waals surface area contributed by atoms with Crippen LogP contribution in [0.2, 0.25) is 0 Å². The van der Waals surface area contributed by atoms with Crippen LogP contribution in [0.25, 0.3) is 0 Å². The Hall–Kier alpha value is -1.42. The Morgan fingerprint density at radius 2 is 1.85 bits per heavy atom. The van der Waals surface area contributed by atoms with Gasteiger partial charge in [-0.2, -0.15) is 0 Å². The summed E-state index contributed by atoms with van der Waals surface area (Å²) in [4.78, 5) is 4.32. The number of nitrogens with zero attached hydrogens (tertiary/aromatic N) is 1. The molecule has 2 saturated heterocycles. The number of fused-ring (bicyclic) bond motifs is 2. The highest BCUT2D eigenvalue weighted by Crippen LogP contribution is 2.38. The van der Waals surface area contributed by atoms with Gasteiger partial charge in [0.1, 0.15) is 0 Å². The highest BCUT2D eigenvalue weighted by atomic mass is 127. The van der Waals surface area contributed by atoms with Gasteiger partial charge in [0.25, 0.3) is 0 Å². The van der Waals surface area contributed by atoms with Crippen LogP contribution in [0.5, 0.6) is 17.2 Å². The molecule has 0 aliphatic carbocycles. The summed E-state index contributed by atoms with van der Waals surface area (Å²) in [5.41, 5.74) is 1.02. The second-order valence-corrected chi connectivity index (χ2v) is 6.32. The molecule has 146 valence electrons. The van der Waals surface area contributed by atoms with Crippen molar-refractivity contribution in [2.24, 2.45) is 4.99 Å². The van der Waals surface area contributed by atoms with E-state index in [9.17, 15) is 0 Å². The van der Waals surface area contributed by atoms with Crippen LogP contribution in [-0.2, 0) is 11.3 Å². The Labute approximate surface area is 171 Å². The number of halogens is 1. The number of guanidine groups is 1. The first-order valence-corrected chi connectivity index (χ1v) is 8.60. The summed E-state index contributed by atoms with van der Waals surface area (Å²) in [5.74, 6) is 2.65. The van der Waals surface area contributed by atoms with Crippen LogP contribution in [-0.4, -0.2) is 52.6 Å². The molecule has 0 saturated carbocycles. The monoisotopic (exact) mass is 477 g/mol. The highest BCUT2D eigenvalue weighted by Gasteiger charge is 2.41. The van der Waals surface area contributed by atoms with E-state index in [-0.39, 0.29) is 24.0 Å². The maximum atomic E-state index is 5.89. The molecule has 1 aromatic carbocycles. The van der Waals surface area contributed by atoms with Gasteiger partial charge < -0.3 is 29.6 Å². The normalized spacial score (nSPS) is 24.0. The zero-order valence-electron chi connectivity index (χ0n) is 15.7. The fourth-order valence-corrected chi connectivity index (χ4v) is 3.58. The molecular formula is C18H28IN3O4. The SMILES string of the molecule is CN=C(NCc1cc(OC)c(OC)c(OC)c1)NC1CC2CCC1O2.I. The predicted molar refractivity (Wildman–Crippen MR) is 111 cm³/mol. The van der Waals surface area contributed by atoms with Crippen molar-refractivity contribution in [2.45, 2.75) is 44.1 Å². The molecule has 7 nitrogen and oxygen atoms in total. The van der Waals surface area contributed by atoms with Crippen molar-refractivity contribution in [1.82, 2.24) is 10.6 Å². The summed E-state index contributed by atoms with van der Waals surface area (Å²) >= 11 is 0. The average molecular weight is 477 g/mol. The van der Waals surface area contributed by atoms with Crippen molar-refractivity contribution in [1.29, 1.82) is 0 Å². The predicted octanol–water partition coefficient (Wildman–Crippen LogP) is 2.32. The summed E-state index contributed by atoms with van der Waals surface area (Å²) in [6, 6.07) is 4.20. The molecular weight excluding hydrogens is 449 g/mol. The van der Waals surface area contributed by atoms with Crippen LogP contribution in [0.3, 0.4) is 0 Å². The fourth-order valence-electron chi connectivity index (χ4n) is 3.58. The summed E-state index contributed by atoms with van der Waals surface area (Å²) in [5, 5.41) is 6.82. The van der Waals surface area contributed by atoms with Crippen LogP contribution < -0.4 is 24.8 Å². The molecule has 0 aromatic heterocycles. The first-order valence-electron chi connectivity index (χ1n) is 8.60. The number of benzene rings is 1. The first kappa shape index (κ1) is 20.9. The third kappa shape index (κ3) is 4.46. The topological polar surface area (TPSA) is 73.3 Å². The van der Waals surface area contributed by atoms with Crippen molar-refractivity contribution in [3.05, 3.63) is 17.7 Å². The maximum absolute atomic E-state index is 5.89. The van der Waals surface area contributed by atoms with E-state index in [2.05, 4.69) is 15.6 Å². The second kappa shape index (κ2) is 9.50. The molecule has 0 spiro atoms. The molecule has 1 aromatic rings. The van der Waals surface area contributed by atoms with Gasteiger partial charge in [0.05, 0.1) is 39.6 Å². The highest BCUT2D eigenvalue weighted by molar-refractivity contribution is 14.0. The molecule has 0 amide bonds. The lowest BCUT2D eigenvalue weighted by atomic mass is 9.96. The van der Waals surface area contributed by atoms with E-state index < -0.39 is 0 Å². The molecule has 0 radical (unpaired) electrons. The lowest BCUT2D eigenvalue weighted by molar-refractivity contribution is 0.0992. The van der Waals surface area contributed by atoms with Gasteiger partial charge in [0.2, 0.25) is 5.75 Å². The Kier molecular flexibility index (Phi) is 7.63. The zero-order chi connectivity index (χ0) is 17.8. The van der Waals surface area contributed by atoms with Gasteiger partial charge in [-0.3, -0.25) is 4.99 Å². The van der Waals surface area contributed by atoms with Gasteiger partial charge in [-0.25, -0.2) is 0 Å². The number of aliphatic imine (C=N–C) groups is 1. The van der Waals surface area contributed by atoms with Gasteiger partial charge in [-0.05, 0) is 37.0 Å². The number of ether oxygens (including phenoxy) is 4. The number of hydrogen-bond acceptors (Lipinski definition) is 5. The first-order chi connectivity index (χ1) is 12.2. The van der Waals surface area contributed by atoms with Crippen molar-refractivity contribution in [3.8, 4) is 17.2 Å². The van der Waals surface area contributed by atoms with Gasteiger partial charge in [0, 0.05) is 13.6 Å². The molecule has 3 unspecified atom stereocenters. The molecule has 26 heavy (non-hydrogen) atoms. The molecule has 2 heterocycles. The molecule has 2 bridgehead atoms. The summed E-state index contributed by atoms with van der Waals surface area (Å²) in [6.07, 6.45) is 4.09. The Morgan fingerprint density at radius 1 is 1.15 bits per heavy atom. The van der Waals surface area contributed by atoms with E-state index in [1.165, 1.54) is 6.42 Å². The van der Waals surface area contributed by atoms with Crippen LogP contribution in [0, 0.1) is 0 Å². The third-order valence-electron chi connectivity index (χ3n) is 4.84. The molecule has 3 atom stereocenters. The second-order valence-electron chi connectivity index (χ2n) is 6.32. The lowest BCUT2D eigenvalue weighted by Gasteiger charge is -2.23. The molecule has 2 N–H and O–H groups in total. The average Bonchev–Trinajstić information content (AvgIpc) is 3.26. The minimum absolute atomic E-state index is 0. The number of rotatable bonds is 6. The Balaban J connectivity index is 0.00000243. The van der Waals surface area contributed by atoms with Crippen LogP contribution in [0.15, 0.2) is 17.1 Å². The Bertz CT molecular complexity index is 616. The standard InChI is InChI=1S/C18H27N3O4.HI/c1-19-18(21-13-9-12-5-6-14(13)25-12)20-10-11-7-15(22-2)17(24-4)16(8-11)23-3;/h7-8,12-14H,5-6,9-10H2,1-4H3,(H2,19,20,21);1H. The third-order valence-corrected chi connectivity index (χ3v) is 4.84. The van der Waals surface area contributed by atoms with Crippen LogP contribution >= 0.6 is 24.0 Å². The molecule has 2 aliphatic heterocycles. The summed E-state index contributed by atoms with van der Waals surface area (Å²) in [7, 11) is 6.61.